The molecule has 4 heteroatoms. The first-order chi connectivity index (χ1) is 8.67. The molecule has 0 saturated carbocycles. The lowest BCUT2D eigenvalue weighted by Gasteiger charge is -2.27. The number of rotatable bonds is 4. The molecule has 1 heterocycles. The van der Waals surface area contributed by atoms with E-state index in [4.69, 9.17) is 0 Å². The van der Waals surface area contributed by atoms with Crippen LogP contribution in [0.1, 0.15) is 18.9 Å². The number of nitrogens with zero attached hydrogens (tertiary/aromatic N) is 1. The summed E-state index contributed by atoms with van der Waals surface area (Å²) in [5.74, 6) is 0.561. The highest BCUT2D eigenvalue weighted by Gasteiger charge is 2.30. The molecule has 0 radical (unpaired) electrons. The van der Waals surface area contributed by atoms with Crippen molar-refractivity contribution in [3.63, 3.8) is 0 Å². The molecule has 1 saturated heterocycles. The number of anilines is 1. The third-order valence-electron chi connectivity index (χ3n) is 3.81. The van der Waals surface area contributed by atoms with Gasteiger partial charge in [0.05, 0.1) is 12.6 Å². The predicted molar refractivity (Wildman–Crippen MR) is 78.9 cm³/mol. The van der Waals surface area contributed by atoms with Crippen molar-refractivity contribution in [1.82, 2.24) is 5.32 Å². The van der Waals surface area contributed by atoms with Crippen molar-refractivity contribution in [2.24, 2.45) is 5.92 Å². The fourth-order valence-electron chi connectivity index (χ4n) is 2.66. The SMILES string of the molecule is CNCc1ccc(N2CCC(C)C2CO)cc1Br. The number of aliphatic hydroxyl groups excluding tert-OH is 1. The summed E-state index contributed by atoms with van der Waals surface area (Å²) in [7, 11) is 1.95. The van der Waals surface area contributed by atoms with E-state index in [1.54, 1.807) is 0 Å². The first-order valence-electron chi connectivity index (χ1n) is 6.48. The van der Waals surface area contributed by atoms with Crippen molar-refractivity contribution < 1.29 is 5.11 Å². The second-order valence-electron chi connectivity index (χ2n) is 5.02. The summed E-state index contributed by atoms with van der Waals surface area (Å²) >= 11 is 3.62. The summed E-state index contributed by atoms with van der Waals surface area (Å²) in [6.45, 7) is 4.34. The van der Waals surface area contributed by atoms with Gasteiger partial charge in [-0.1, -0.05) is 28.9 Å². The molecule has 2 rings (SSSR count). The van der Waals surface area contributed by atoms with Crippen LogP contribution in [0, 0.1) is 5.92 Å². The monoisotopic (exact) mass is 312 g/mol. The summed E-state index contributed by atoms with van der Waals surface area (Å²) in [5, 5.41) is 12.7. The standard InChI is InChI=1S/C14H21BrN2O/c1-10-5-6-17(14(10)9-18)12-4-3-11(8-16-2)13(15)7-12/h3-4,7,10,14,16,18H,5-6,8-9H2,1-2H3. The molecule has 1 fully saturated rings. The highest BCUT2D eigenvalue weighted by atomic mass is 79.9. The Bertz CT molecular complexity index is 411. The van der Waals surface area contributed by atoms with Gasteiger partial charge in [-0.3, -0.25) is 0 Å². The van der Waals surface area contributed by atoms with E-state index in [2.05, 4.69) is 51.3 Å². The largest absolute Gasteiger partial charge is 0.394 e. The van der Waals surface area contributed by atoms with Crippen LogP contribution >= 0.6 is 15.9 Å². The maximum Gasteiger partial charge on any atom is 0.0637 e. The Hall–Kier alpha value is -0.580. The lowest BCUT2D eigenvalue weighted by atomic mass is 10.0. The highest BCUT2D eigenvalue weighted by molar-refractivity contribution is 9.10. The van der Waals surface area contributed by atoms with Crippen molar-refractivity contribution in [2.45, 2.75) is 25.9 Å². The summed E-state index contributed by atoms with van der Waals surface area (Å²) in [5.41, 5.74) is 2.46. The molecule has 1 aliphatic rings. The Morgan fingerprint density at radius 3 is 2.89 bits per heavy atom. The number of hydrogen-bond acceptors (Lipinski definition) is 3. The normalized spacial score (nSPS) is 23.7. The topological polar surface area (TPSA) is 35.5 Å². The summed E-state index contributed by atoms with van der Waals surface area (Å²) in [6.07, 6.45) is 1.15. The second-order valence-corrected chi connectivity index (χ2v) is 5.87. The predicted octanol–water partition coefficient (Wildman–Crippen LogP) is 2.38. The molecule has 2 atom stereocenters. The second kappa shape index (κ2) is 6.04. The van der Waals surface area contributed by atoms with Crippen molar-refractivity contribution in [3.8, 4) is 0 Å². The lowest BCUT2D eigenvalue weighted by Crippen LogP contribution is -2.35. The van der Waals surface area contributed by atoms with Gasteiger partial charge < -0.3 is 15.3 Å². The number of benzene rings is 1. The van der Waals surface area contributed by atoms with Crippen molar-refractivity contribution in [3.05, 3.63) is 28.2 Å². The van der Waals surface area contributed by atoms with Crippen LogP contribution in [0.25, 0.3) is 0 Å². The highest BCUT2D eigenvalue weighted by Crippen LogP contribution is 2.32. The molecule has 18 heavy (non-hydrogen) atoms. The molecule has 1 aliphatic heterocycles. The number of nitrogens with one attached hydrogen (secondary N) is 1. The molecule has 0 bridgehead atoms. The van der Waals surface area contributed by atoms with Gasteiger partial charge in [0, 0.05) is 23.2 Å². The van der Waals surface area contributed by atoms with E-state index in [9.17, 15) is 5.11 Å². The molecule has 0 amide bonds. The summed E-state index contributed by atoms with van der Waals surface area (Å²) in [4.78, 5) is 2.32. The van der Waals surface area contributed by atoms with Crippen LogP contribution in [0.15, 0.2) is 22.7 Å². The fraction of sp³-hybridized carbons (Fsp3) is 0.571. The average molecular weight is 313 g/mol. The van der Waals surface area contributed by atoms with Gasteiger partial charge in [-0.05, 0) is 37.1 Å². The van der Waals surface area contributed by atoms with E-state index in [0.717, 1.165) is 24.0 Å². The molecule has 0 aliphatic carbocycles. The molecule has 3 nitrogen and oxygen atoms in total. The lowest BCUT2D eigenvalue weighted by molar-refractivity contribution is 0.245. The van der Waals surface area contributed by atoms with Gasteiger partial charge in [0.15, 0.2) is 0 Å². The zero-order valence-electron chi connectivity index (χ0n) is 11.0. The first kappa shape index (κ1) is 13.8. The van der Waals surface area contributed by atoms with Crippen molar-refractivity contribution in [2.75, 3.05) is 25.1 Å². The van der Waals surface area contributed by atoms with E-state index in [1.807, 2.05) is 7.05 Å². The zero-order valence-corrected chi connectivity index (χ0v) is 12.6. The molecule has 0 spiro atoms. The van der Waals surface area contributed by atoms with Crippen LogP contribution in [0.4, 0.5) is 5.69 Å². The molecule has 1 aromatic rings. The quantitative estimate of drug-likeness (QED) is 0.896. The number of hydrogen-bond donors (Lipinski definition) is 2. The Morgan fingerprint density at radius 2 is 2.28 bits per heavy atom. The van der Waals surface area contributed by atoms with Gasteiger partial charge in [0.1, 0.15) is 0 Å². The molecule has 1 aromatic carbocycles. The number of aliphatic hydroxyl groups is 1. The molecule has 2 unspecified atom stereocenters. The van der Waals surface area contributed by atoms with Crippen molar-refractivity contribution >= 4 is 21.6 Å². The Labute approximate surface area is 117 Å². The first-order valence-corrected chi connectivity index (χ1v) is 7.27. The van der Waals surface area contributed by atoms with E-state index >= 15 is 0 Å². The van der Waals surface area contributed by atoms with Gasteiger partial charge in [-0.15, -0.1) is 0 Å². The van der Waals surface area contributed by atoms with Gasteiger partial charge in [-0.2, -0.15) is 0 Å². The van der Waals surface area contributed by atoms with Gasteiger partial charge in [0.25, 0.3) is 0 Å². The summed E-state index contributed by atoms with van der Waals surface area (Å²) < 4.78 is 1.13. The minimum atomic E-state index is 0.233. The van der Waals surface area contributed by atoms with Gasteiger partial charge in [-0.25, -0.2) is 0 Å². The van der Waals surface area contributed by atoms with E-state index in [-0.39, 0.29) is 12.6 Å². The Balaban J connectivity index is 2.21. The average Bonchev–Trinajstić information content (AvgIpc) is 2.73. The van der Waals surface area contributed by atoms with Crippen LogP contribution in [0.3, 0.4) is 0 Å². The van der Waals surface area contributed by atoms with Crippen LogP contribution in [-0.4, -0.2) is 31.3 Å². The van der Waals surface area contributed by atoms with E-state index in [0.29, 0.717) is 5.92 Å². The molecule has 100 valence electrons. The van der Waals surface area contributed by atoms with Gasteiger partial charge >= 0.3 is 0 Å². The minimum absolute atomic E-state index is 0.233. The Morgan fingerprint density at radius 1 is 1.50 bits per heavy atom. The van der Waals surface area contributed by atoms with Crippen LogP contribution in [0.2, 0.25) is 0 Å². The third-order valence-corrected chi connectivity index (χ3v) is 4.54. The third kappa shape index (κ3) is 2.71. The van der Waals surface area contributed by atoms with E-state index in [1.165, 1.54) is 11.3 Å². The van der Waals surface area contributed by atoms with E-state index < -0.39 is 0 Å². The Kier molecular flexibility index (Phi) is 4.65. The zero-order chi connectivity index (χ0) is 13.1. The molecule has 2 N–H and O–H groups in total. The molecular weight excluding hydrogens is 292 g/mol. The smallest absolute Gasteiger partial charge is 0.0637 e. The van der Waals surface area contributed by atoms with Gasteiger partial charge in [0.2, 0.25) is 0 Å². The van der Waals surface area contributed by atoms with Crippen LogP contribution in [-0.2, 0) is 6.54 Å². The van der Waals surface area contributed by atoms with Crippen molar-refractivity contribution in [1.29, 1.82) is 0 Å². The molecular formula is C14H21BrN2O. The minimum Gasteiger partial charge on any atom is -0.394 e. The maximum absolute atomic E-state index is 9.51. The molecule has 0 aromatic heterocycles. The van der Waals surface area contributed by atoms with Crippen LogP contribution < -0.4 is 10.2 Å². The maximum atomic E-state index is 9.51. The summed E-state index contributed by atoms with van der Waals surface area (Å²) in [6, 6.07) is 6.71. The number of halogens is 1. The van der Waals surface area contributed by atoms with Crippen LogP contribution in [0.5, 0.6) is 0 Å². The fourth-order valence-corrected chi connectivity index (χ4v) is 3.16.